The van der Waals surface area contributed by atoms with Crippen LogP contribution < -0.4 is 0 Å². The molecule has 0 aromatic heterocycles. The first-order valence-corrected chi connectivity index (χ1v) is 4.49. The van der Waals surface area contributed by atoms with Crippen LogP contribution in [0, 0.1) is 12.7 Å². The van der Waals surface area contributed by atoms with Gasteiger partial charge in [0.25, 0.3) is 0 Å². The third-order valence-corrected chi connectivity index (χ3v) is 2.20. The molecule has 1 aromatic carbocycles. The lowest BCUT2D eigenvalue weighted by Crippen LogP contribution is -2.29. The normalized spacial score (nSPS) is 14.1. The van der Waals surface area contributed by atoms with Crippen molar-refractivity contribution in [3.8, 4) is 0 Å². The number of benzene rings is 1. The largest absolute Gasteiger partial charge is 0.387 e. The van der Waals surface area contributed by atoms with Crippen LogP contribution in [0.2, 0.25) is 0 Å². The molecule has 1 unspecified atom stereocenters. The summed E-state index contributed by atoms with van der Waals surface area (Å²) in [6.45, 7) is 4.73. The lowest BCUT2D eigenvalue weighted by atomic mass is 9.92. The minimum Gasteiger partial charge on any atom is -0.387 e. The topological polar surface area (TPSA) is 40.5 Å². The molecule has 1 aromatic rings. The Morgan fingerprint density at radius 2 is 1.93 bits per heavy atom. The predicted molar refractivity (Wildman–Crippen MR) is 52.4 cm³/mol. The van der Waals surface area contributed by atoms with Crippen LogP contribution in [0.25, 0.3) is 0 Å². The van der Waals surface area contributed by atoms with Gasteiger partial charge in [0.1, 0.15) is 11.9 Å². The van der Waals surface area contributed by atoms with Crippen molar-refractivity contribution in [1.82, 2.24) is 0 Å². The van der Waals surface area contributed by atoms with Crippen LogP contribution in [0.15, 0.2) is 18.2 Å². The van der Waals surface area contributed by atoms with Crippen LogP contribution in [0.4, 0.5) is 4.39 Å². The maximum Gasteiger partial charge on any atom is 0.123 e. The van der Waals surface area contributed by atoms with E-state index >= 15 is 0 Å². The molecule has 0 saturated heterocycles. The summed E-state index contributed by atoms with van der Waals surface area (Å²) >= 11 is 0. The van der Waals surface area contributed by atoms with Crippen molar-refractivity contribution in [2.24, 2.45) is 0 Å². The summed E-state index contributed by atoms with van der Waals surface area (Å²) in [7, 11) is 0. The van der Waals surface area contributed by atoms with Gasteiger partial charge in [-0.3, -0.25) is 0 Å². The molecule has 0 aliphatic heterocycles. The molecule has 2 N–H and O–H groups in total. The smallest absolute Gasteiger partial charge is 0.123 e. The van der Waals surface area contributed by atoms with Crippen LogP contribution in [0.5, 0.6) is 0 Å². The minimum absolute atomic E-state index is 0.339. The summed E-state index contributed by atoms with van der Waals surface area (Å²) in [5.74, 6) is -0.339. The van der Waals surface area contributed by atoms with E-state index in [1.807, 2.05) is 0 Å². The highest BCUT2D eigenvalue weighted by atomic mass is 19.1. The molecule has 3 heteroatoms. The molecule has 0 heterocycles. The molecule has 0 aliphatic rings. The quantitative estimate of drug-likeness (QED) is 0.762. The molecule has 1 rings (SSSR count). The molecule has 0 fully saturated rings. The molecule has 0 bridgehead atoms. The van der Waals surface area contributed by atoms with E-state index in [1.54, 1.807) is 6.92 Å². The highest BCUT2D eigenvalue weighted by Crippen LogP contribution is 2.27. The van der Waals surface area contributed by atoms with Crippen LogP contribution >= 0.6 is 0 Å². The zero-order valence-corrected chi connectivity index (χ0v) is 8.58. The molecular weight excluding hydrogens is 183 g/mol. The van der Waals surface area contributed by atoms with Gasteiger partial charge in [-0.25, -0.2) is 4.39 Å². The summed E-state index contributed by atoms with van der Waals surface area (Å²) in [4.78, 5) is 0. The van der Waals surface area contributed by atoms with Gasteiger partial charge in [0.2, 0.25) is 0 Å². The maximum absolute atomic E-state index is 12.8. The Labute approximate surface area is 83.0 Å². The van der Waals surface area contributed by atoms with E-state index in [-0.39, 0.29) is 5.82 Å². The maximum atomic E-state index is 12.8. The van der Waals surface area contributed by atoms with E-state index in [9.17, 15) is 14.6 Å². The van der Waals surface area contributed by atoms with Crippen molar-refractivity contribution >= 4 is 0 Å². The van der Waals surface area contributed by atoms with Crippen molar-refractivity contribution in [2.45, 2.75) is 32.5 Å². The number of aliphatic hydroxyl groups excluding tert-OH is 1. The Balaban J connectivity index is 3.08. The molecule has 1 atom stereocenters. The average molecular weight is 198 g/mol. The molecule has 0 radical (unpaired) electrons. The number of hydrogen-bond donors (Lipinski definition) is 2. The molecule has 0 saturated carbocycles. The van der Waals surface area contributed by atoms with Gasteiger partial charge in [-0.15, -0.1) is 0 Å². The number of hydrogen-bond acceptors (Lipinski definition) is 2. The summed E-state index contributed by atoms with van der Waals surface area (Å²) in [5.41, 5.74) is -0.0266. The van der Waals surface area contributed by atoms with Gasteiger partial charge < -0.3 is 10.2 Å². The lowest BCUT2D eigenvalue weighted by molar-refractivity contribution is -0.0500. The van der Waals surface area contributed by atoms with Crippen molar-refractivity contribution in [3.05, 3.63) is 35.1 Å². The Hall–Kier alpha value is -0.930. The van der Waals surface area contributed by atoms with E-state index in [0.29, 0.717) is 11.1 Å². The molecule has 78 valence electrons. The predicted octanol–water partition coefficient (Wildman–Crippen LogP) is 1.94. The summed E-state index contributed by atoms with van der Waals surface area (Å²) in [6, 6.07) is 4.11. The van der Waals surface area contributed by atoms with Gasteiger partial charge in [-0.05, 0) is 44.0 Å². The average Bonchev–Trinajstić information content (AvgIpc) is 2.01. The van der Waals surface area contributed by atoms with Crippen molar-refractivity contribution in [1.29, 1.82) is 0 Å². The van der Waals surface area contributed by atoms with E-state index in [2.05, 4.69) is 0 Å². The zero-order valence-electron chi connectivity index (χ0n) is 8.58. The number of rotatable bonds is 2. The Morgan fingerprint density at radius 1 is 1.36 bits per heavy atom. The molecular formula is C11H15FO2. The zero-order chi connectivity index (χ0) is 10.9. The Kier molecular flexibility index (Phi) is 2.92. The fourth-order valence-electron chi connectivity index (χ4n) is 1.33. The fraction of sp³-hybridized carbons (Fsp3) is 0.455. The van der Waals surface area contributed by atoms with E-state index in [4.69, 9.17) is 0 Å². The van der Waals surface area contributed by atoms with Gasteiger partial charge in [-0.1, -0.05) is 6.07 Å². The molecule has 2 nitrogen and oxygen atoms in total. The fourth-order valence-corrected chi connectivity index (χ4v) is 1.33. The highest BCUT2D eigenvalue weighted by molar-refractivity contribution is 5.29. The monoisotopic (exact) mass is 198 g/mol. The Bertz CT molecular complexity index is 329. The Morgan fingerprint density at radius 3 is 2.36 bits per heavy atom. The second kappa shape index (κ2) is 3.67. The summed E-state index contributed by atoms with van der Waals surface area (Å²) in [6.07, 6.45) is -0.997. The highest BCUT2D eigenvalue weighted by Gasteiger charge is 2.27. The van der Waals surface area contributed by atoms with Crippen molar-refractivity contribution in [3.63, 3.8) is 0 Å². The third-order valence-electron chi connectivity index (χ3n) is 2.20. The molecule has 0 aliphatic carbocycles. The SMILES string of the molecule is Cc1cc(F)ccc1C(O)C(C)(C)O. The van der Waals surface area contributed by atoms with E-state index in [1.165, 1.54) is 32.0 Å². The van der Waals surface area contributed by atoms with E-state index < -0.39 is 11.7 Å². The summed E-state index contributed by atoms with van der Waals surface area (Å²) in [5, 5.41) is 19.3. The molecule has 0 amide bonds. The second-order valence-electron chi connectivity index (χ2n) is 4.06. The van der Waals surface area contributed by atoms with E-state index in [0.717, 1.165) is 0 Å². The number of aryl methyl sites for hydroxylation is 1. The molecule has 14 heavy (non-hydrogen) atoms. The first kappa shape index (κ1) is 11.1. The number of aliphatic hydroxyl groups is 2. The number of halogens is 1. The van der Waals surface area contributed by atoms with Crippen molar-refractivity contribution in [2.75, 3.05) is 0 Å². The van der Waals surface area contributed by atoms with Crippen molar-refractivity contribution < 1.29 is 14.6 Å². The summed E-state index contributed by atoms with van der Waals surface area (Å²) < 4.78 is 12.8. The van der Waals surface area contributed by atoms with Gasteiger partial charge >= 0.3 is 0 Å². The first-order chi connectivity index (χ1) is 6.32. The van der Waals surface area contributed by atoms with Crippen LogP contribution in [-0.4, -0.2) is 15.8 Å². The standard InChI is InChI=1S/C11H15FO2/c1-7-6-8(12)4-5-9(7)10(13)11(2,3)14/h4-6,10,13-14H,1-3H3. The van der Waals surface area contributed by atoms with Gasteiger partial charge in [0.05, 0.1) is 5.60 Å². The van der Waals surface area contributed by atoms with Crippen LogP contribution in [-0.2, 0) is 0 Å². The van der Waals surface area contributed by atoms with Gasteiger partial charge in [-0.2, -0.15) is 0 Å². The third kappa shape index (κ3) is 2.30. The van der Waals surface area contributed by atoms with Gasteiger partial charge in [0, 0.05) is 0 Å². The first-order valence-electron chi connectivity index (χ1n) is 4.49. The lowest BCUT2D eigenvalue weighted by Gasteiger charge is -2.26. The minimum atomic E-state index is -1.22. The van der Waals surface area contributed by atoms with Gasteiger partial charge in [0.15, 0.2) is 0 Å². The second-order valence-corrected chi connectivity index (χ2v) is 4.06. The van der Waals surface area contributed by atoms with Crippen LogP contribution in [0.3, 0.4) is 0 Å². The molecule has 0 spiro atoms. The van der Waals surface area contributed by atoms with Crippen LogP contribution in [0.1, 0.15) is 31.1 Å².